The Morgan fingerprint density at radius 2 is 2.08 bits per heavy atom. The van der Waals surface area contributed by atoms with Gasteiger partial charge in [0.1, 0.15) is 18.4 Å². The summed E-state index contributed by atoms with van der Waals surface area (Å²) in [5.41, 5.74) is 2.26. The monoisotopic (exact) mass is 321 g/mol. The lowest BCUT2D eigenvalue weighted by atomic mass is 9.94. The number of rotatable bonds is 3. The third-order valence-corrected chi connectivity index (χ3v) is 4.19. The first kappa shape index (κ1) is 16.0. The van der Waals surface area contributed by atoms with Crippen LogP contribution in [0.1, 0.15) is 35.7 Å². The molecule has 0 aliphatic carbocycles. The fraction of sp³-hybridized carbons (Fsp3) is 0.316. The number of nitriles is 1. The largest absolute Gasteiger partial charge is 0.445 e. The van der Waals surface area contributed by atoms with Gasteiger partial charge < -0.3 is 9.64 Å². The molecule has 1 unspecified atom stereocenters. The minimum absolute atomic E-state index is 0.149. The van der Waals surface area contributed by atoms with Crippen LogP contribution in [-0.4, -0.2) is 29.1 Å². The maximum Gasteiger partial charge on any atom is 0.410 e. The van der Waals surface area contributed by atoms with Crippen molar-refractivity contribution in [2.45, 2.75) is 25.4 Å². The fourth-order valence-electron chi connectivity index (χ4n) is 2.94. The quantitative estimate of drug-likeness (QED) is 0.868. The molecule has 3 rings (SSSR count). The number of aromatic nitrogens is 1. The molecular formula is C19H19N3O2. The Morgan fingerprint density at radius 1 is 1.25 bits per heavy atom. The molecule has 1 aliphatic heterocycles. The van der Waals surface area contributed by atoms with Crippen molar-refractivity contribution in [1.82, 2.24) is 9.88 Å². The zero-order valence-electron chi connectivity index (χ0n) is 13.4. The second-order valence-corrected chi connectivity index (χ2v) is 5.88. The third kappa shape index (κ3) is 3.90. The molecule has 1 aromatic heterocycles. The molecule has 1 amide bonds. The predicted octanol–water partition coefficient (Wildman–Crippen LogP) is 3.47. The van der Waals surface area contributed by atoms with Crippen LogP contribution < -0.4 is 0 Å². The highest BCUT2D eigenvalue weighted by Gasteiger charge is 2.26. The summed E-state index contributed by atoms with van der Waals surface area (Å²) in [6.45, 7) is 1.56. The van der Waals surface area contributed by atoms with E-state index in [4.69, 9.17) is 10.00 Å². The molecule has 0 saturated carbocycles. The second kappa shape index (κ2) is 7.60. The minimum atomic E-state index is -0.292. The molecule has 2 aromatic rings. The van der Waals surface area contributed by atoms with Gasteiger partial charge in [-0.25, -0.2) is 9.78 Å². The molecule has 1 aliphatic rings. The lowest BCUT2D eigenvalue weighted by Gasteiger charge is -2.31. The highest BCUT2D eigenvalue weighted by Crippen LogP contribution is 2.26. The van der Waals surface area contributed by atoms with Crippen molar-refractivity contribution in [3.05, 3.63) is 65.5 Å². The predicted molar refractivity (Wildman–Crippen MR) is 89.1 cm³/mol. The Hall–Kier alpha value is -2.87. The third-order valence-electron chi connectivity index (χ3n) is 4.19. The van der Waals surface area contributed by atoms with Crippen LogP contribution in [0, 0.1) is 11.3 Å². The molecule has 122 valence electrons. The van der Waals surface area contributed by atoms with Crippen LogP contribution in [0.3, 0.4) is 0 Å². The fourth-order valence-corrected chi connectivity index (χ4v) is 2.94. The highest BCUT2D eigenvalue weighted by atomic mass is 16.6. The van der Waals surface area contributed by atoms with E-state index in [0.717, 1.165) is 24.1 Å². The Balaban J connectivity index is 1.60. The first-order valence-electron chi connectivity index (χ1n) is 8.09. The van der Waals surface area contributed by atoms with Crippen molar-refractivity contribution in [3.63, 3.8) is 0 Å². The number of pyridine rings is 1. The van der Waals surface area contributed by atoms with Crippen LogP contribution in [0.15, 0.2) is 48.5 Å². The molecule has 0 radical (unpaired) electrons. The number of carbonyl (C=O) groups is 1. The number of ether oxygens (including phenoxy) is 1. The van der Waals surface area contributed by atoms with E-state index in [0.29, 0.717) is 18.8 Å². The van der Waals surface area contributed by atoms with E-state index in [2.05, 4.69) is 11.1 Å². The van der Waals surface area contributed by atoms with Gasteiger partial charge in [0, 0.05) is 24.7 Å². The maximum atomic E-state index is 12.3. The van der Waals surface area contributed by atoms with E-state index in [1.807, 2.05) is 42.5 Å². The lowest BCUT2D eigenvalue weighted by molar-refractivity contribution is 0.0856. The number of benzene rings is 1. The summed E-state index contributed by atoms with van der Waals surface area (Å²) in [6, 6.07) is 17.2. The Kier molecular flexibility index (Phi) is 5.07. The van der Waals surface area contributed by atoms with Crippen LogP contribution in [-0.2, 0) is 11.3 Å². The Labute approximate surface area is 141 Å². The van der Waals surface area contributed by atoms with Crippen LogP contribution in [0.4, 0.5) is 4.79 Å². The number of piperidine rings is 1. The summed E-state index contributed by atoms with van der Waals surface area (Å²) in [4.78, 5) is 18.4. The van der Waals surface area contributed by atoms with E-state index in [1.54, 1.807) is 11.0 Å². The topological polar surface area (TPSA) is 66.2 Å². The zero-order chi connectivity index (χ0) is 16.8. The number of nitrogens with zero attached hydrogens (tertiary/aromatic N) is 3. The van der Waals surface area contributed by atoms with Crippen molar-refractivity contribution >= 4 is 6.09 Å². The highest BCUT2D eigenvalue weighted by molar-refractivity contribution is 5.67. The van der Waals surface area contributed by atoms with Crippen LogP contribution in [0.25, 0.3) is 0 Å². The molecular weight excluding hydrogens is 302 g/mol. The van der Waals surface area contributed by atoms with Crippen LogP contribution in [0.5, 0.6) is 0 Å². The Morgan fingerprint density at radius 3 is 2.88 bits per heavy atom. The molecule has 1 fully saturated rings. The number of hydrogen-bond acceptors (Lipinski definition) is 4. The van der Waals surface area contributed by atoms with E-state index >= 15 is 0 Å². The normalized spacial score (nSPS) is 17.1. The SMILES string of the molecule is N#Cc1cccc(C2CCCN(C(=O)OCc3ccccc3)C2)n1. The number of amides is 1. The first-order valence-corrected chi connectivity index (χ1v) is 8.09. The summed E-state index contributed by atoms with van der Waals surface area (Å²) in [5.74, 6) is 0.149. The molecule has 0 bridgehead atoms. The standard InChI is InChI=1S/C19H19N3O2/c20-12-17-9-4-10-18(21-17)16-8-5-11-22(13-16)19(23)24-14-15-6-2-1-3-7-15/h1-4,6-7,9-10,16H,5,8,11,13-14H2. The van der Waals surface area contributed by atoms with Crippen LogP contribution in [0.2, 0.25) is 0 Å². The lowest BCUT2D eigenvalue weighted by Crippen LogP contribution is -2.39. The average Bonchev–Trinajstić information content (AvgIpc) is 2.67. The Bertz CT molecular complexity index is 740. The van der Waals surface area contributed by atoms with Gasteiger partial charge in [-0.05, 0) is 30.5 Å². The molecule has 2 heterocycles. The van der Waals surface area contributed by atoms with Gasteiger partial charge in [-0.3, -0.25) is 0 Å². The molecule has 5 nitrogen and oxygen atoms in total. The van der Waals surface area contributed by atoms with E-state index in [9.17, 15) is 4.79 Å². The van der Waals surface area contributed by atoms with E-state index in [1.165, 1.54) is 0 Å². The van der Waals surface area contributed by atoms with E-state index in [-0.39, 0.29) is 18.6 Å². The van der Waals surface area contributed by atoms with Crippen LogP contribution >= 0.6 is 0 Å². The zero-order valence-corrected chi connectivity index (χ0v) is 13.4. The molecule has 0 spiro atoms. The summed E-state index contributed by atoms with van der Waals surface area (Å²) < 4.78 is 5.41. The number of likely N-dealkylation sites (tertiary alicyclic amines) is 1. The molecule has 1 atom stereocenters. The smallest absolute Gasteiger partial charge is 0.410 e. The van der Waals surface area contributed by atoms with Gasteiger partial charge in [-0.15, -0.1) is 0 Å². The molecule has 24 heavy (non-hydrogen) atoms. The van der Waals surface area contributed by atoms with Crippen molar-refractivity contribution in [2.24, 2.45) is 0 Å². The van der Waals surface area contributed by atoms with Gasteiger partial charge >= 0.3 is 6.09 Å². The summed E-state index contributed by atoms with van der Waals surface area (Å²) in [7, 11) is 0. The van der Waals surface area contributed by atoms with Gasteiger partial charge in [0.05, 0.1) is 0 Å². The summed E-state index contributed by atoms with van der Waals surface area (Å²) in [5, 5.41) is 8.98. The van der Waals surface area contributed by atoms with E-state index < -0.39 is 0 Å². The van der Waals surface area contributed by atoms with Crippen molar-refractivity contribution in [1.29, 1.82) is 5.26 Å². The number of carbonyl (C=O) groups excluding carboxylic acids is 1. The second-order valence-electron chi connectivity index (χ2n) is 5.88. The molecule has 1 saturated heterocycles. The molecule has 0 N–H and O–H groups in total. The van der Waals surface area contributed by atoms with Gasteiger partial charge in [-0.1, -0.05) is 36.4 Å². The van der Waals surface area contributed by atoms with Gasteiger partial charge in [0.25, 0.3) is 0 Å². The van der Waals surface area contributed by atoms with Gasteiger partial charge in [-0.2, -0.15) is 5.26 Å². The van der Waals surface area contributed by atoms with Crippen molar-refractivity contribution < 1.29 is 9.53 Å². The number of hydrogen-bond donors (Lipinski definition) is 0. The molecule has 1 aromatic carbocycles. The van der Waals surface area contributed by atoms with Gasteiger partial charge in [0.2, 0.25) is 0 Å². The molecule has 5 heteroatoms. The maximum absolute atomic E-state index is 12.3. The van der Waals surface area contributed by atoms with Crippen molar-refractivity contribution in [2.75, 3.05) is 13.1 Å². The minimum Gasteiger partial charge on any atom is -0.445 e. The average molecular weight is 321 g/mol. The summed E-state index contributed by atoms with van der Waals surface area (Å²) >= 11 is 0. The first-order chi connectivity index (χ1) is 11.8. The van der Waals surface area contributed by atoms with Gasteiger partial charge in [0.15, 0.2) is 0 Å². The summed E-state index contributed by atoms with van der Waals surface area (Å²) in [6.07, 6.45) is 1.58. The van der Waals surface area contributed by atoms with Crippen molar-refractivity contribution in [3.8, 4) is 6.07 Å².